The second kappa shape index (κ2) is 49.8. The zero-order chi connectivity index (χ0) is 105. The first-order valence-electron chi connectivity index (χ1n) is 46.4. The van der Waals surface area contributed by atoms with Crippen LogP contribution in [0.15, 0.2) is 208 Å². The largest absolute Gasteiger partial charge is 0.497 e. The summed E-state index contributed by atoms with van der Waals surface area (Å²) in [6.07, 6.45) is 36.8. The zero-order valence-corrected chi connectivity index (χ0v) is 87.0. The Bertz CT molecular complexity index is 7790. The van der Waals surface area contributed by atoms with Gasteiger partial charge in [-0.1, -0.05) is 83.4 Å². The Morgan fingerprint density at radius 3 is 1.13 bits per heavy atom. The monoisotopic (exact) mass is 2080 g/mol. The van der Waals surface area contributed by atoms with Crippen molar-refractivity contribution in [3.05, 3.63) is 234 Å². The predicted molar refractivity (Wildman–Crippen MR) is 584 cm³/mol. The molecular formula is C110H110Cl4N24O11. The summed E-state index contributed by atoms with van der Waals surface area (Å²) in [7, 11) is 19.7. The minimum Gasteiger partial charge on any atom is -0.497 e. The minimum absolute atomic E-state index is 0. The number of aryl methyl sites for hydroxylation is 4. The first kappa shape index (κ1) is 108. The maximum atomic E-state index is 12.5. The summed E-state index contributed by atoms with van der Waals surface area (Å²) in [6.45, 7) is 9.48. The van der Waals surface area contributed by atoms with Crippen molar-refractivity contribution in [2.45, 2.75) is 59.6 Å². The molecule has 1 aliphatic heterocycles. The van der Waals surface area contributed by atoms with Gasteiger partial charge in [-0.25, -0.2) is 29.7 Å². The third kappa shape index (κ3) is 26.3. The van der Waals surface area contributed by atoms with Crippen molar-refractivity contribution in [1.82, 2.24) is 93.9 Å². The number of anilines is 8. The fourth-order valence-electron chi connectivity index (χ4n) is 15.8. The molecule has 8 aromatic carbocycles. The number of terminal acetylenes is 2. The Labute approximate surface area is 883 Å². The molecule has 0 atom stereocenters. The molecule has 0 saturated carbocycles. The van der Waals surface area contributed by atoms with Gasteiger partial charge in [-0.15, -0.1) is 12.8 Å². The number of hydrogen-bond donors (Lipinski definition) is 1. The molecule has 17 aromatic rings. The van der Waals surface area contributed by atoms with Crippen LogP contribution < -0.4 is 68.0 Å². The summed E-state index contributed by atoms with van der Waals surface area (Å²) < 4.78 is 61.6. The highest BCUT2D eigenvalue weighted by molar-refractivity contribution is 6.42. The van der Waals surface area contributed by atoms with Crippen LogP contribution in [0, 0.1) is 54.3 Å². The number of likely N-dealkylation sites (tertiary alicyclic amines) is 1. The molecule has 9 aromatic heterocycles. The third-order valence-electron chi connectivity index (χ3n) is 23.3. The molecule has 1 saturated heterocycles. The van der Waals surface area contributed by atoms with E-state index in [1.54, 1.807) is 121 Å². The molecule has 0 unspecified atom stereocenters. The van der Waals surface area contributed by atoms with Crippen LogP contribution in [-0.2, 0) is 32.4 Å². The van der Waals surface area contributed by atoms with Gasteiger partial charge < -0.3 is 77.6 Å². The standard InChI is InChI=1S/C33H38N6O4.C28H23Cl2N7O3.C25H26N6O2.C23H19Cl2N5O2.CH4/c1-33(2,3)43-32(40)38-14-11-23(12-15-38)8-7-13-39(26-16-27(41-5)19-28(17-26)42-6)25-9-10-29-30(18-25)36-31(21-34-29)24-20-35-37(4)22-24;1-36-16-17(14-33-36)21-15-32-19-8-7-18(12-20(19)34-21)37(11-5-6-24-31-10-9-25(35-24)40-4)28-26(29)22(38-2)13-23(39-3)27(28)30;1-4-9-31(20-11-21(32-2)14-22(12-20)33-3)19-6-7-23-24(13-19)29-25(16-27-23)18-15-28-30(17-18)10-5-8-26;1-5-8-30(23-21(24)19(31-3)10-20(32-4)22(23)25)15-6-7-16-17(9-15)28-18(12-26-16)14-11-27-29(2)13-14;/h9-10,16-23H,11-15H2,1-6H3;7-10,12-16H,11H2,1-4H3;1,6-7,11-17H,5,8-10,26H2,2-3H3;1,6-7,9-13H,8H2,2-4H3;1H4. The maximum Gasteiger partial charge on any atom is 0.410 e. The number of carbonyl (C=O) groups excluding carboxylic acids is 1. The molecular weight excluding hydrogens is 1980 g/mol. The van der Waals surface area contributed by atoms with E-state index in [0.717, 1.165) is 115 Å². The molecule has 35 nitrogen and oxygen atoms in total. The van der Waals surface area contributed by atoms with E-state index in [1.807, 2.05) is 195 Å². The number of ether oxygens (including phenoxy) is 10. The molecule has 1 aliphatic rings. The molecule has 1 amide bonds. The predicted octanol–water partition coefficient (Wildman–Crippen LogP) is 20.6. The average molecular weight is 2090 g/mol. The third-order valence-corrected chi connectivity index (χ3v) is 24.7. The lowest BCUT2D eigenvalue weighted by Gasteiger charge is -2.32. The summed E-state index contributed by atoms with van der Waals surface area (Å²) in [4.78, 5) is 68.1. The number of nitrogens with zero attached hydrogens (tertiary/aromatic N) is 23. The highest BCUT2D eigenvalue weighted by Crippen LogP contribution is 2.51. The molecule has 0 spiro atoms. The van der Waals surface area contributed by atoms with E-state index in [9.17, 15) is 4.79 Å². The van der Waals surface area contributed by atoms with Crippen molar-refractivity contribution in [2.24, 2.45) is 32.8 Å². The summed E-state index contributed by atoms with van der Waals surface area (Å²) in [6, 6.07) is 39.6. The minimum atomic E-state index is -0.505. The Morgan fingerprint density at radius 2 is 0.779 bits per heavy atom. The number of carbonyl (C=O) groups is 1. The van der Waals surface area contributed by atoms with Crippen LogP contribution in [0.5, 0.6) is 51.9 Å². The number of piperidine rings is 1. The van der Waals surface area contributed by atoms with Crippen molar-refractivity contribution >= 4 is 142 Å². The van der Waals surface area contributed by atoms with Crippen LogP contribution in [0.1, 0.15) is 53.3 Å². The number of nitrogens with two attached hydrogens (primary N) is 1. The molecule has 18 rings (SSSR count). The molecule has 1 fully saturated rings. The number of benzene rings is 8. The van der Waals surface area contributed by atoms with Crippen LogP contribution in [-0.4, -0.2) is 215 Å². The first-order chi connectivity index (χ1) is 71.6. The van der Waals surface area contributed by atoms with E-state index in [4.69, 9.17) is 132 Å². The fourth-order valence-corrected chi connectivity index (χ4v) is 17.2. The highest BCUT2D eigenvalue weighted by Gasteiger charge is 2.30. The van der Waals surface area contributed by atoms with Gasteiger partial charge >= 0.3 is 6.09 Å². The van der Waals surface area contributed by atoms with Crippen molar-refractivity contribution in [2.75, 3.05) is 129 Å². The van der Waals surface area contributed by atoms with Crippen molar-refractivity contribution in [3.63, 3.8) is 0 Å². The maximum absolute atomic E-state index is 12.5. The number of hydrogen-bond acceptors (Lipinski definition) is 30. The number of rotatable bonds is 28. The van der Waals surface area contributed by atoms with Crippen molar-refractivity contribution < 1.29 is 52.2 Å². The number of methoxy groups -OCH3 is 9. The van der Waals surface area contributed by atoms with E-state index in [0.29, 0.717) is 156 Å². The summed E-state index contributed by atoms with van der Waals surface area (Å²) in [5.41, 5.74) is 23.4. The van der Waals surface area contributed by atoms with E-state index < -0.39 is 5.60 Å². The van der Waals surface area contributed by atoms with Gasteiger partial charge in [0.1, 0.15) is 71.7 Å². The number of halogens is 4. The number of amides is 1. The average Bonchev–Trinajstić information content (AvgIpc) is 1.69. The zero-order valence-electron chi connectivity index (χ0n) is 84.0. The topological polar surface area (TPSA) is 352 Å². The molecule has 149 heavy (non-hydrogen) atoms. The van der Waals surface area contributed by atoms with Crippen LogP contribution >= 0.6 is 46.4 Å². The van der Waals surface area contributed by atoms with Gasteiger partial charge in [0.2, 0.25) is 11.7 Å². The lowest BCUT2D eigenvalue weighted by molar-refractivity contribution is 0.0199. The van der Waals surface area contributed by atoms with E-state index in [2.05, 4.69) is 90.7 Å². The van der Waals surface area contributed by atoms with Crippen molar-refractivity contribution in [3.8, 4) is 145 Å². The van der Waals surface area contributed by atoms with E-state index in [-0.39, 0.29) is 32.5 Å². The lowest BCUT2D eigenvalue weighted by Crippen LogP contribution is -2.41. The van der Waals surface area contributed by atoms with Gasteiger partial charge in [0.15, 0.2) is 0 Å². The highest BCUT2D eigenvalue weighted by atomic mass is 35.5. The Kier molecular flexibility index (Phi) is 36.0. The van der Waals surface area contributed by atoms with Crippen LogP contribution in [0.2, 0.25) is 20.1 Å². The molecule has 764 valence electrons. The van der Waals surface area contributed by atoms with Crippen LogP contribution in [0.4, 0.5) is 50.3 Å². The Morgan fingerprint density at radius 1 is 0.416 bits per heavy atom. The van der Waals surface area contributed by atoms with Gasteiger partial charge in [0.05, 0.1) is 218 Å². The number of fused-ring (bicyclic) bond motifs is 4. The van der Waals surface area contributed by atoms with Crippen LogP contribution in [0.25, 0.3) is 89.2 Å². The quantitative estimate of drug-likeness (QED) is 0.0445. The second-order valence-corrected chi connectivity index (χ2v) is 35.8. The van der Waals surface area contributed by atoms with Gasteiger partial charge in [-0.2, -0.15) is 25.4 Å². The molecule has 2 N–H and O–H groups in total. The molecule has 0 radical (unpaired) electrons. The molecule has 10 heterocycles. The molecule has 0 bridgehead atoms. The summed E-state index contributed by atoms with van der Waals surface area (Å²) in [5.74, 6) is 23.6. The van der Waals surface area contributed by atoms with Gasteiger partial charge in [-0.3, -0.25) is 38.7 Å². The Balaban J connectivity index is 0.000000157. The van der Waals surface area contributed by atoms with Gasteiger partial charge in [0.25, 0.3) is 0 Å². The van der Waals surface area contributed by atoms with Crippen LogP contribution in [0.3, 0.4) is 0 Å². The SMILES string of the molecule is C.C#CCN(c1cc(OC)cc(OC)c1)c1ccc2ncc(-c3cnn(CCCN)c3)nc2c1.C#CCN(c1ccc2ncc(-c3cnn(C)c3)nc2c1)c1c(Cl)c(OC)cc(OC)c1Cl.COc1cc(OC)cc(N(CC#CC2CCN(C(=O)OC(C)(C)C)CC2)c2ccc3ncc(-c4cnn(C)c4)nc3c2)c1.COc1ccnc(C#CCN(c2ccc3ncc(-c4cnn(C)c4)nc3c2)c2c(Cl)c(OC)cc(OC)c2Cl)n1. The summed E-state index contributed by atoms with van der Waals surface area (Å²) >= 11 is 26.9. The fraction of sp³-hybridized carbons (Fsp3) is 0.264. The van der Waals surface area contributed by atoms with Gasteiger partial charge in [-0.05, 0) is 125 Å². The van der Waals surface area contributed by atoms with Crippen molar-refractivity contribution in [1.29, 1.82) is 0 Å². The van der Waals surface area contributed by atoms with E-state index >= 15 is 0 Å². The Hall–Kier alpha value is -16.9. The number of aromatic nitrogens is 18. The summed E-state index contributed by atoms with van der Waals surface area (Å²) in [5, 5.41) is 18.3. The lowest BCUT2D eigenvalue weighted by atomic mass is 9.98. The molecule has 39 heteroatoms. The molecule has 0 aliphatic carbocycles. The van der Waals surface area contributed by atoms with Gasteiger partial charge in [0, 0.05) is 189 Å². The first-order valence-corrected chi connectivity index (χ1v) is 47.9. The van der Waals surface area contributed by atoms with E-state index in [1.165, 1.54) is 35.5 Å². The second-order valence-electron chi connectivity index (χ2n) is 34.3. The normalized spacial score (nSPS) is 11.5. The smallest absolute Gasteiger partial charge is 0.410 e.